The SMILES string of the molecule is CC(C)COc1cccc(C(=O)N2CCC(Cn3ccnc3C(C)C)CC2)c1. The number of imidazole rings is 1. The van der Waals surface area contributed by atoms with Gasteiger partial charge in [-0.25, -0.2) is 4.98 Å². The van der Waals surface area contributed by atoms with E-state index < -0.39 is 0 Å². The first-order valence-corrected chi connectivity index (χ1v) is 10.5. The lowest BCUT2D eigenvalue weighted by molar-refractivity contribution is 0.0682. The lowest BCUT2D eigenvalue weighted by Crippen LogP contribution is -2.39. The molecule has 152 valence electrons. The Kier molecular flexibility index (Phi) is 6.76. The van der Waals surface area contributed by atoms with Crippen molar-refractivity contribution in [3.8, 4) is 5.75 Å². The molecule has 0 aliphatic carbocycles. The molecule has 1 fully saturated rings. The highest BCUT2D eigenvalue weighted by molar-refractivity contribution is 5.94. The summed E-state index contributed by atoms with van der Waals surface area (Å²) in [6.07, 6.45) is 6.04. The Morgan fingerprint density at radius 2 is 1.96 bits per heavy atom. The van der Waals surface area contributed by atoms with E-state index in [4.69, 9.17) is 4.74 Å². The molecule has 2 heterocycles. The first-order chi connectivity index (χ1) is 13.4. The molecule has 2 aromatic rings. The normalized spacial score (nSPS) is 15.4. The minimum atomic E-state index is 0.110. The maximum Gasteiger partial charge on any atom is 0.253 e. The number of carbonyl (C=O) groups excluding carboxylic acids is 1. The number of hydrogen-bond acceptors (Lipinski definition) is 3. The number of amides is 1. The first kappa shape index (κ1) is 20.4. The molecule has 1 aromatic heterocycles. The molecule has 1 amide bonds. The van der Waals surface area contributed by atoms with Crippen LogP contribution in [0.15, 0.2) is 36.7 Å². The number of ether oxygens (including phenoxy) is 1. The summed E-state index contributed by atoms with van der Waals surface area (Å²) in [6.45, 7) is 11.9. The average molecular weight is 384 g/mol. The van der Waals surface area contributed by atoms with E-state index in [2.05, 4.69) is 43.4 Å². The van der Waals surface area contributed by atoms with Crippen molar-refractivity contribution < 1.29 is 9.53 Å². The summed E-state index contributed by atoms with van der Waals surface area (Å²) < 4.78 is 8.05. The lowest BCUT2D eigenvalue weighted by Gasteiger charge is -2.32. The fraction of sp³-hybridized carbons (Fsp3) is 0.565. The summed E-state index contributed by atoms with van der Waals surface area (Å²) in [4.78, 5) is 19.4. The van der Waals surface area contributed by atoms with Crippen molar-refractivity contribution in [2.24, 2.45) is 11.8 Å². The predicted octanol–water partition coefficient (Wildman–Crippen LogP) is 4.59. The summed E-state index contributed by atoms with van der Waals surface area (Å²) in [5.41, 5.74) is 0.719. The van der Waals surface area contributed by atoms with E-state index in [1.165, 1.54) is 0 Å². The van der Waals surface area contributed by atoms with Crippen LogP contribution in [-0.2, 0) is 6.54 Å². The number of likely N-dealkylation sites (tertiary alicyclic amines) is 1. The lowest BCUT2D eigenvalue weighted by atomic mass is 9.96. The van der Waals surface area contributed by atoms with Crippen LogP contribution in [0.2, 0.25) is 0 Å². The smallest absolute Gasteiger partial charge is 0.253 e. The molecule has 0 spiro atoms. The Morgan fingerprint density at radius 3 is 2.64 bits per heavy atom. The Bertz CT molecular complexity index is 774. The molecular formula is C23H33N3O2. The first-order valence-electron chi connectivity index (χ1n) is 10.5. The van der Waals surface area contributed by atoms with E-state index in [-0.39, 0.29) is 5.91 Å². The van der Waals surface area contributed by atoms with Gasteiger partial charge >= 0.3 is 0 Å². The molecule has 1 aromatic carbocycles. The zero-order valence-electron chi connectivity index (χ0n) is 17.6. The zero-order valence-corrected chi connectivity index (χ0v) is 17.6. The van der Waals surface area contributed by atoms with E-state index in [1.54, 1.807) is 0 Å². The highest BCUT2D eigenvalue weighted by Crippen LogP contribution is 2.24. The van der Waals surface area contributed by atoms with Crippen molar-refractivity contribution in [2.75, 3.05) is 19.7 Å². The molecule has 0 bridgehead atoms. The van der Waals surface area contributed by atoms with Gasteiger partial charge in [0, 0.05) is 43.5 Å². The topological polar surface area (TPSA) is 47.4 Å². The van der Waals surface area contributed by atoms with Gasteiger partial charge in [-0.15, -0.1) is 0 Å². The number of carbonyl (C=O) groups is 1. The number of nitrogens with zero attached hydrogens (tertiary/aromatic N) is 3. The molecule has 0 atom stereocenters. The zero-order chi connectivity index (χ0) is 20.1. The Balaban J connectivity index is 1.55. The van der Waals surface area contributed by atoms with Crippen LogP contribution in [0, 0.1) is 11.8 Å². The molecule has 1 aliphatic rings. The largest absolute Gasteiger partial charge is 0.493 e. The van der Waals surface area contributed by atoms with Gasteiger partial charge in [-0.05, 0) is 42.9 Å². The van der Waals surface area contributed by atoms with E-state index in [9.17, 15) is 4.79 Å². The molecular weight excluding hydrogens is 350 g/mol. The van der Waals surface area contributed by atoms with Gasteiger partial charge in [0.25, 0.3) is 5.91 Å². The Hall–Kier alpha value is -2.30. The van der Waals surface area contributed by atoms with Crippen molar-refractivity contribution in [1.82, 2.24) is 14.5 Å². The van der Waals surface area contributed by atoms with Gasteiger partial charge in [0.2, 0.25) is 0 Å². The van der Waals surface area contributed by atoms with Crippen LogP contribution in [0.5, 0.6) is 5.75 Å². The summed E-state index contributed by atoms with van der Waals surface area (Å²) in [6, 6.07) is 7.58. The molecule has 0 unspecified atom stereocenters. The van der Waals surface area contributed by atoms with Gasteiger partial charge in [0.05, 0.1) is 6.61 Å². The van der Waals surface area contributed by atoms with Crippen LogP contribution in [0.3, 0.4) is 0 Å². The van der Waals surface area contributed by atoms with E-state index in [1.807, 2.05) is 35.4 Å². The molecule has 0 saturated carbocycles. The maximum atomic E-state index is 12.9. The maximum absolute atomic E-state index is 12.9. The third-order valence-electron chi connectivity index (χ3n) is 5.29. The number of benzene rings is 1. The molecule has 1 saturated heterocycles. The van der Waals surface area contributed by atoms with Gasteiger partial charge in [0.1, 0.15) is 11.6 Å². The van der Waals surface area contributed by atoms with Gasteiger partial charge in [0.15, 0.2) is 0 Å². The third kappa shape index (κ3) is 5.15. The minimum absolute atomic E-state index is 0.110. The molecule has 5 heteroatoms. The van der Waals surface area contributed by atoms with Gasteiger partial charge in [-0.1, -0.05) is 33.8 Å². The quantitative estimate of drug-likeness (QED) is 0.702. The highest BCUT2D eigenvalue weighted by Gasteiger charge is 2.24. The van der Waals surface area contributed by atoms with Crippen LogP contribution < -0.4 is 4.74 Å². The minimum Gasteiger partial charge on any atom is -0.493 e. The standard InChI is InChI=1S/C23H33N3O2/c1-17(2)16-28-21-7-5-6-20(14-21)23(27)25-11-8-19(9-12-25)15-26-13-10-24-22(26)18(3)4/h5-7,10,13-14,17-19H,8-9,11-12,15-16H2,1-4H3. The molecule has 5 nitrogen and oxygen atoms in total. The van der Waals surface area contributed by atoms with Gasteiger partial charge in [-0.3, -0.25) is 4.79 Å². The van der Waals surface area contributed by atoms with Crippen molar-refractivity contribution in [2.45, 2.75) is 53.0 Å². The average Bonchev–Trinajstić information content (AvgIpc) is 3.15. The number of hydrogen-bond donors (Lipinski definition) is 0. The Morgan fingerprint density at radius 1 is 1.21 bits per heavy atom. The second-order valence-electron chi connectivity index (χ2n) is 8.56. The van der Waals surface area contributed by atoms with Gasteiger partial charge in [-0.2, -0.15) is 0 Å². The van der Waals surface area contributed by atoms with Crippen molar-refractivity contribution in [1.29, 1.82) is 0 Å². The third-order valence-corrected chi connectivity index (χ3v) is 5.29. The molecule has 0 N–H and O–H groups in total. The van der Waals surface area contributed by atoms with Crippen molar-refractivity contribution >= 4 is 5.91 Å². The van der Waals surface area contributed by atoms with Gasteiger partial charge < -0.3 is 14.2 Å². The summed E-state index contributed by atoms with van der Waals surface area (Å²) in [7, 11) is 0. The highest BCUT2D eigenvalue weighted by atomic mass is 16.5. The summed E-state index contributed by atoms with van der Waals surface area (Å²) in [5.74, 6) is 3.52. The van der Waals surface area contributed by atoms with Crippen molar-refractivity contribution in [3.05, 3.63) is 48.0 Å². The van der Waals surface area contributed by atoms with Crippen LogP contribution in [0.25, 0.3) is 0 Å². The second-order valence-corrected chi connectivity index (χ2v) is 8.56. The fourth-order valence-corrected chi connectivity index (χ4v) is 3.74. The van der Waals surface area contributed by atoms with Crippen LogP contribution >= 0.6 is 0 Å². The molecule has 3 rings (SSSR count). The second kappa shape index (κ2) is 9.26. The van der Waals surface area contributed by atoms with Crippen LogP contribution in [0.1, 0.15) is 62.6 Å². The number of piperidine rings is 1. The number of aromatic nitrogens is 2. The molecule has 1 aliphatic heterocycles. The number of rotatable bonds is 7. The molecule has 0 radical (unpaired) electrons. The monoisotopic (exact) mass is 383 g/mol. The van der Waals surface area contributed by atoms with Crippen LogP contribution in [0.4, 0.5) is 0 Å². The summed E-state index contributed by atoms with van der Waals surface area (Å²) >= 11 is 0. The van der Waals surface area contributed by atoms with E-state index >= 15 is 0 Å². The van der Waals surface area contributed by atoms with E-state index in [0.29, 0.717) is 24.4 Å². The molecule has 28 heavy (non-hydrogen) atoms. The van der Waals surface area contributed by atoms with Crippen LogP contribution in [-0.4, -0.2) is 40.1 Å². The fourth-order valence-electron chi connectivity index (χ4n) is 3.74. The Labute approximate surface area is 168 Å². The van der Waals surface area contributed by atoms with Crippen molar-refractivity contribution in [3.63, 3.8) is 0 Å². The van der Waals surface area contributed by atoms with E-state index in [0.717, 1.165) is 49.6 Å². The predicted molar refractivity (Wildman–Crippen MR) is 112 cm³/mol. The summed E-state index contributed by atoms with van der Waals surface area (Å²) in [5, 5.41) is 0.